The van der Waals surface area contributed by atoms with Crippen LogP contribution in [0.25, 0.3) is 0 Å². The molecule has 0 spiro atoms. The lowest BCUT2D eigenvalue weighted by molar-refractivity contribution is -0.161. The molecule has 0 radical (unpaired) electrons. The van der Waals surface area contributed by atoms with Gasteiger partial charge in [-0.05, 0) is 83.5 Å². The molecule has 94 heavy (non-hydrogen) atoms. The number of unbranched alkanes of at least 4 members (excludes halogenated alkanes) is 60. The Hall–Kier alpha value is -2.66. The first kappa shape index (κ1) is 91.3. The van der Waals surface area contributed by atoms with Crippen molar-refractivity contribution in [2.24, 2.45) is 0 Å². The molecule has 0 amide bonds. The lowest BCUT2D eigenvalue weighted by Gasteiger charge is -2.15. The number of esters is 2. The molecule has 0 saturated carbocycles. The first-order valence-corrected chi connectivity index (χ1v) is 42.5. The monoisotopic (exact) mass is 1310 g/mol. The van der Waals surface area contributed by atoms with Crippen molar-refractivity contribution < 1.29 is 24.2 Å². The van der Waals surface area contributed by atoms with Crippen molar-refractivity contribution in [1.29, 1.82) is 0 Å². The van der Waals surface area contributed by atoms with E-state index in [-0.39, 0.29) is 25.2 Å². The Morgan fingerprint density at radius 1 is 0.255 bits per heavy atom. The zero-order chi connectivity index (χ0) is 67.5. The van der Waals surface area contributed by atoms with Crippen molar-refractivity contribution in [2.75, 3.05) is 13.2 Å². The molecule has 0 aromatic heterocycles. The third kappa shape index (κ3) is 81.8. The van der Waals surface area contributed by atoms with Gasteiger partial charge in [0.25, 0.3) is 0 Å². The number of hydrogen-bond acceptors (Lipinski definition) is 5. The maximum Gasteiger partial charge on any atom is 0.306 e. The summed E-state index contributed by atoms with van der Waals surface area (Å²) in [5.41, 5.74) is 0. The molecule has 0 fully saturated rings. The number of aliphatic hydroxyl groups is 1. The van der Waals surface area contributed by atoms with Crippen LogP contribution in [0.5, 0.6) is 0 Å². The van der Waals surface area contributed by atoms with E-state index in [4.69, 9.17) is 9.47 Å². The Balaban J connectivity index is 3.36. The summed E-state index contributed by atoms with van der Waals surface area (Å²) in [6, 6.07) is 0. The van der Waals surface area contributed by atoms with Gasteiger partial charge < -0.3 is 14.6 Å². The summed E-state index contributed by atoms with van der Waals surface area (Å²) in [5, 5.41) is 9.74. The lowest BCUT2D eigenvalue weighted by Crippen LogP contribution is -2.28. The van der Waals surface area contributed by atoms with Crippen molar-refractivity contribution in [3.8, 4) is 0 Å². The van der Waals surface area contributed by atoms with Crippen molar-refractivity contribution >= 4 is 11.9 Å². The van der Waals surface area contributed by atoms with Gasteiger partial charge in [0.05, 0.1) is 6.61 Å². The summed E-state index contributed by atoms with van der Waals surface area (Å²) >= 11 is 0. The van der Waals surface area contributed by atoms with Crippen LogP contribution < -0.4 is 0 Å². The topological polar surface area (TPSA) is 72.8 Å². The molecular formula is C89H164O5. The SMILES string of the molecule is CC/C=C\C/C=C\C/C=C\C/C=C\C/C=C\CCCCCCCCCCCCCCCCCCCCCCCCCC(=O)OC(CO)COC(=O)CCCCCCCCCCCCCCCCCCCCCCCCCCCCCCC/C=C\CCCCCCCCCC. The standard InChI is InChI=1S/C89H164O5/c1-3-5-7-9-11-13-15-17-19-21-23-25-27-29-31-33-35-37-39-41-43-44-46-47-49-51-53-55-57-59-61-63-65-67-69-71-73-75-77-79-81-83-88(91)93-86-87(85-90)94-89(92)84-82-80-78-76-74-72-70-68-66-64-62-60-58-56-54-52-50-48-45-42-40-38-36-34-32-30-28-26-24-22-20-18-16-14-12-10-8-6-4-2/h6,8,12,14,18,20-21,23-24,26,30,32,87,90H,3-5,7,9-11,13,15-17,19,22,25,27-29,31,33-86H2,1-2H3/b8-6-,14-12-,20-18-,23-21-,26-24-,32-30-. The fourth-order valence-corrected chi connectivity index (χ4v) is 13.2. The minimum atomic E-state index is -0.772. The van der Waals surface area contributed by atoms with E-state index in [1.165, 1.54) is 372 Å². The summed E-state index contributed by atoms with van der Waals surface area (Å²) in [6.45, 7) is 4.09. The van der Waals surface area contributed by atoms with Crippen LogP contribution in [0.1, 0.15) is 463 Å². The summed E-state index contributed by atoms with van der Waals surface area (Å²) in [6.07, 6.45) is 119. The van der Waals surface area contributed by atoms with Crippen LogP contribution in [0.2, 0.25) is 0 Å². The van der Waals surface area contributed by atoms with Crippen LogP contribution in [0.15, 0.2) is 72.9 Å². The quantitative estimate of drug-likeness (QED) is 0.0373. The third-order valence-corrected chi connectivity index (χ3v) is 19.5. The Morgan fingerprint density at radius 2 is 0.457 bits per heavy atom. The summed E-state index contributed by atoms with van der Waals surface area (Å²) in [4.78, 5) is 24.8. The van der Waals surface area contributed by atoms with Gasteiger partial charge in [0, 0.05) is 12.8 Å². The minimum absolute atomic E-state index is 0.0597. The fourth-order valence-electron chi connectivity index (χ4n) is 13.2. The van der Waals surface area contributed by atoms with E-state index in [0.29, 0.717) is 12.8 Å². The highest BCUT2D eigenvalue weighted by molar-refractivity contribution is 5.70. The van der Waals surface area contributed by atoms with Crippen LogP contribution in [0, 0.1) is 0 Å². The largest absolute Gasteiger partial charge is 0.462 e. The van der Waals surface area contributed by atoms with E-state index in [1.54, 1.807) is 0 Å². The minimum Gasteiger partial charge on any atom is -0.462 e. The van der Waals surface area contributed by atoms with Crippen molar-refractivity contribution in [2.45, 2.75) is 469 Å². The van der Waals surface area contributed by atoms with Gasteiger partial charge in [-0.3, -0.25) is 9.59 Å². The summed E-state index contributed by atoms with van der Waals surface area (Å²) < 4.78 is 10.8. The fraction of sp³-hybridized carbons (Fsp3) is 0.843. The highest BCUT2D eigenvalue weighted by Gasteiger charge is 2.16. The number of carbonyl (C=O) groups excluding carboxylic acids is 2. The first-order valence-electron chi connectivity index (χ1n) is 42.5. The molecule has 5 heteroatoms. The predicted octanol–water partition coefficient (Wildman–Crippen LogP) is 30.1. The van der Waals surface area contributed by atoms with E-state index in [2.05, 4.69) is 86.8 Å². The predicted molar refractivity (Wildman–Crippen MR) is 417 cm³/mol. The molecule has 0 heterocycles. The van der Waals surface area contributed by atoms with Gasteiger partial charge in [-0.25, -0.2) is 0 Å². The first-order chi connectivity index (χ1) is 46.6. The average Bonchev–Trinajstić information content (AvgIpc) is 3.65. The molecule has 0 aromatic carbocycles. The molecule has 0 saturated heterocycles. The van der Waals surface area contributed by atoms with Crippen LogP contribution in [0.4, 0.5) is 0 Å². The van der Waals surface area contributed by atoms with E-state index in [0.717, 1.165) is 64.2 Å². The second-order valence-electron chi connectivity index (χ2n) is 28.9. The number of ether oxygens (including phenoxy) is 2. The number of rotatable bonds is 80. The van der Waals surface area contributed by atoms with Gasteiger partial charge in [-0.2, -0.15) is 0 Å². The number of allylic oxidation sites excluding steroid dienone is 12. The normalized spacial score (nSPS) is 12.5. The number of aliphatic hydroxyl groups excluding tert-OH is 1. The highest BCUT2D eigenvalue weighted by Crippen LogP contribution is 2.20. The Kier molecular flexibility index (Phi) is 82.2. The maximum absolute atomic E-state index is 12.4. The van der Waals surface area contributed by atoms with Gasteiger partial charge in [-0.1, -0.05) is 440 Å². The maximum atomic E-state index is 12.4. The van der Waals surface area contributed by atoms with E-state index >= 15 is 0 Å². The van der Waals surface area contributed by atoms with E-state index in [9.17, 15) is 14.7 Å². The Morgan fingerprint density at radius 3 is 0.702 bits per heavy atom. The molecule has 0 rings (SSSR count). The molecular weight excluding hydrogens is 1150 g/mol. The molecule has 0 aromatic rings. The second kappa shape index (κ2) is 84.6. The summed E-state index contributed by atoms with van der Waals surface area (Å²) in [7, 11) is 0. The number of carbonyl (C=O) groups is 2. The zero-order valence-electron chi connectivity index (χ0n) is 63.5. The van der Waals surface area contributed by atoms with E-state index in [1.807, 2.05) is 0 Å². The van der Waals surface area contributed by atoms with Crippen LogP contribution >= 0.6 is 0 Å². The highest BCUT2D eigenvalue weighted by atomic mass is 16.6. The summed E-state index contributed by atoms with van der Waals surface area (Å²) in [5.74, 6) is -0.563. The van der Waals surface area contributed by atoms with Gasteiger partial charge in [-0.15, -0.1) is 0 Å². The lowest BCUT2D eigenvalue weighted by atomic mass is 10.0. The molecule has 0 aliphatic heterocycles. The van der Waals surface area contributed by atoms with Gasteiger partial charge in [0.15, 0.2) is 6.10 Å². The van der Waals surface area contributed by atoms with Crippen molar-refractivity contribution in [3.63, 3.8) is 0 Å². The van der Waals surface area contributed by atoms with Gasteiger partial charge in [0.1, 0.15) is 6.61 Å². The van der Waals surface area contributed by atoms with Crippen LogP contribution in [0.3, 0.4) is 0 Å². The molecule has 0 bridgehead atoms. The smallest absolute Gasteiger partial charge is 0.306 e. The van der Waals surface area contributed by atoms with Gasteiger partial charge in [0.2, 0.25) is 0 Å². The Bertz CT molecular complexity index is 1640. The van der Waals surface area contributed by atoms with Crippen molar-refractivity contribution in [3.05, 3.63) is 72.9 Å². The average molecular weight is 1310 g/mol. The van der Waals surface area contributed by atoms with Crippen molar-refractivity contribution in [1.82, 2.24) is 0 Å². The van der Waals surface area contributed by atoms with Crippen LogP contribution in [-0.4, -0.2) is 36.4 Å². The van der Waals surface area contributed by atoms with Crippen LogP contribution in [-0.2, 0) is 19.1 Å². The van der Waals surface area contributed by atoms with Gasteiger partial charge >= 0.3 is 11.9 Å². The zero-order valence-corrected chi connectivity index (χ0v) is 63.5. The molecule has 0 aliphatic carbocycles. The third-order valence-electron chi connectivity index (χ3n) is 19.5. The molecule has 1 unspecified atom stereocenters. The molecule has 1 atom stereocenters. The molecule has 550 valence electrons. The second-order valence-corrected chi connectivity index (χ2v) is 28.9. The number of hydrogen-bond donors (Lipinski definition) is 1. The Labute approximate surface area is 588 Å². The molecule has 1 N–H and O–H groups in total. The molecule has 5 nitrogen and oxygen atoms in total. The van der Waals surface area contributed by atoms with E-state index < -0.39 is 6.10 Å². The molecule has 0 aliphatic rings.